The summed E-state index contributed by atoms with van der Waals surface area (Å²) in [4.78, 5) is 16.7. The van der Waals surface area contributed by atoms with Gasteiger partial charge in [0.15, 0.2) is 0 Å². The van der Waals surface area contributed by atoms with Gasteiger partial charge in [0, 0.05) is 34.6 Å². The number of halogens is 1. The Balaban J connectivity index is 1.70. The Bertz CT molecular complexity index is 1100. The molecule has 4 rings (SSSR count). The summed E-state index contributed by atoms with van der Waals surface area (Å²) < 4.78 is 0. The van der Waals surface area contributed by atoms with Crippen LogP contribution in [0.1, 0.15) is 32.3 Å². The molecule has 0 aliphatic carbocycles. The molecule has 2 aromatic carbocycles. The first-order chi connectivity index (χ1) is 13.1. The van der Waals surface area contributed by atoms with Gasteiger partial charge in [-0.2, -0.15) is 0 Å². The zero-order valence-electron chi connectivity index (χ0n) is 14.8. The van der Waals surface area contributed by atoms with Crippen LogP contribution in [0.2, 0.25) is 5.02 Å². The Hall–Kier alpha value is -2.56. The number of benzene rings is 2. The summed E-state index contributed by atoms with van der Waals surface area (Å²) in [5.41, 5.74) is 4.21. The maximum atomic E-state index is 12.6. The summed E-state index contributed by atoms with van der Waals surface area (Å²) in [6.45, 7) is 2.43. The summed E-state index contributed by atoms with van der Waals surface area (Å²) in [5, 5.41) is 6.89. The minimum absolute atomic E-state index is 0.0422. The van der Waals surface area contributed by atoms with Crippen LogP contribution in [0.5, 0.6) is 0 Å². The maximum Gasteiger partial charge on any atom is 0.261 e. The number of hydrogen-bond acceptors (Lipinski definition) is 2. The summed E-state index contributed by atoms with van der Waals surface area (Å²) in [6.07, 6.45) is 2.02. The van der Waals surface area contributed by atoms with Gasteiger partial charge in [-0.3, -0.25) is 4.79 Å². The smallest absolute Gasteiger partial charge is 0.261 e. The van der Waals surface area contributed by atoms with Crippen molar-refractivity contribution in [1.29, 1.82) is 0 Å². The fourth-order valence-corrected chi connectivity index (χ4v) is 4.52. The van der Waals surface area contributed by atoms with Gasteiger partial charge in [0.05, 0.1) is 4.88 Å². The maximum absolute atomic E-state index is 12.6. The fourth-order valence-electron chi connectivity index (χ4n) is 3.41. The lowest BCUT2D eigenvalue weighted by molar-refractivity contribution is 0.0956. The number of H-pyrrole nitrogens is 1. The third-order valence-electron chi connectivity index (χ3n) is 4.81. The van der Waals surface area contributed by atoms with Crippen LogP contribution in [-0.2, 0) is 0 Å². The molecule has 1 amide bonds. The van der Waals surface area contributed by atoms with Gasteiger partial charge in [0.1, 0.15) is 0 Å². The minimum atomic E-state index is -0.0425. The van der Waals surface area contributed by atoms with Crippen LogP contribution in [0, 0.1) is 6.92 Å². The molecule has 2 aromatic heterocycles. The molecule has 0 aliphatic rings. The standard InChI is InChI=1S/C22H19ClN2OS/c1-14-10-11-27-21(14)22(26)25-13-17(15-6-2-4-8-19(15)23)18-12-24-20-9-5-3-7-16(18)20/h2-12,17,24H,13H2,1H3,(H,25,26)/t17-/m0/s1. The molecule has 5 heteroatoms. The number of carbonyl (C=O) groups is 1. The molecule has 2 N–H and O–H groups in total. The van der Waals surface area contributed by atoms with Crippen molar-refractivity contribution < 1.29 is 4.79 Å². The van der Waals surface area contributed by atoms with Crippen LogP contribution in [-0.4, -0.2) is 17.4 Å². The first-order valence-electron chi connectivity index (χ1n) is 8.78. The van der Waals surface area contributed by atoms with Crippen molar-refractivity contribution in [1.82, 2.24) is 10.3 Å². The molecule has 3 nitrogen and oxygen atoms in total. The number of fused-ring (bicyclic) bond motifs is 1. The summed E-state index contributed by atoms with van der Waals surface area (Å²) in [5.74, 6) is -0.0848. The normalized spacial score (nSPS) is 12.2. The third-order valence-corrected chi connectivity index (χ3v) is 6.17. The molecule has 0 bridgehead atoms. The molecule has 0 saturated heterocycles. The van der Waals surface area contributed by atoms with E-state index in [0.717, 1.165) is 32.5 Å². The van der Waals surface area contributed by atoms with Crippen LogP contribution >= 0.6 is 22.9 Å². The average Bonchev–Trinajstić information content (AvgIpc) is 3.30. The van der Waals surface area contributed by atoms with E-state index in [1.165, 1.54) is 11.3 Å². The largest absolute Gasteiger partial charge is 0.361 e. The first-order valence-corrected chi connectivity index (χ1v) is 10.0. The van der Waals surface area contributed by atoms with Crippen LogP contribution in [0.3, 0.4) is 0 Å². The molecule has 0 fully saturated rings. The molecular weight excluding hydrogens is 376 g/mol. The molecule has 0 radical (unpaired) electrons. The Morgan fingerprint density at radius 1 is 1.11 bits per heavy atom. The van der Waals surface area contributed by atoms with Crippen LogP contribution in [0.4, 0.5) is 0 Å². The number of thiophene rings is 1. The van der Waals surface area contributed by atoms with Crippen molar-refractivity contribution in [2.24, 2.45) is 0 Å². The second-order valence-electron chi connectivity index (χ2n) is 6.51. The fraction of sp³-hybridized carbons (Fsp3) is 0.136. The predicted molar refractivity (Wildman–Crippen MR) is 113 cm³/mol. The number of carbonyl (C=O) groups excluding carboxylic acids is 1. The van der Waals surface area contributed by atoms with E-state index < -0.39 is 0 Å². The number of amides is 1. The van der Waals surface area contributed by atoms with Crippen molar-refractivity contribution >= 4 is 39.7 Å². The first kappa shape index (κ1) is 17.8. The second-order valence-corrected chi connectivity index (χ2v) is 7.83. The van der Waals surface area contributed by atoms with Gasteiger partial charge in [-0.1, -0.05) is 48.0 Å². The van der Waals surface area contributed by atoms with E-state index in [9.17, 15) is 4.79 Å². The number of aromatic nitrogens is 1. The quantitative estimate of drug-likeness (QED) is 0.444. The number of para-hydroxylation sites is 1. The predicted octanol–water partition coefficient (Wildman–Crippen LogP) is 5.75. The Morgan fingerprint density at radius 3 is 2.67 bits per heavy atom. The Kier molecular flexibility index (Phi) is 5.01. The molecule has 136 valence electrons. The zero-order chi connectivity index (χ0) is 18.8. The molecule has 4 aromatic rings. The Labute approximate surface area is 167 Å². The number of aryl methyl sites for hydroxylation is 1. The lowest BCUT2D eigenvalue weighted by Gasteiger charge is -2.19. The van der Waals surface area contributed by atoms with Gasteiger partial charge in [-0.05, 0) is 47.2 Å². The molecule has 1 atom stereocenters. The highest BCUT2D eigenvalue weighted by molar-refractivity contribution is 7.12. The van der Waals surface area contributed by atoms with Crippen molar-refractivity contribution in [3.8, 4) is 0 Å². The molecule has 2 heterocycles. The average molecular weight is 395 g/mol. The molecular formula is C22H19ClN2OS. The topological polar surface area (TPSA) is 44.9 Å². The molecule has 0 saturated carbocycles. The van der Waals surface area contributed by atoms with E-state index in [-0.39, 0.29) is 11.8 Å². The van der Waals surface area contributed by atoms with E-state index in [0.29, 0.717) is 11.6 Å². The molecule has 27 heavy (non-hydrogen) atoms. The van der Waals surface area contributed by atoms with Crippen LogP contribution in [0.15, 0.2) is 66.2 Å². The van der Waals surface area contributed by atoms with Gasteiger partial charge in [0.2, 0.25) is 0 Å². The van der Waals surface area contributed by atoms with Crippen molar-refractivity contribution in [3.05, 3.63) is 92.8 Å². The van der Waals surface area contributed by atoms with Crippen molar-refractivity contribution in [2.45, 2.75) is 12.8 Å². The highest BCUT2D eigenvalue weighted by Crippen LogP contribution is 2.34. The molecule has 0 unspecified atom stereocenters. The molecule has 0 aliphatic heterocycles. The SMILES string of the molecule is Cc1ccsc1C(=O)NC[C@@H](c1ccccc1Cl)c1c[nH]c2ccccc12. The molecule has 0 spiro atoms. The van der Waals surface area contributed by atoms with Crippen molar-refractivity contribution in [2.75, 3.05) is 6.54 Å². The number of aromatic amines is 1. The van der Waals surface area contributed by atoms with E-state index in [2.05, 4.69) is 22.4 Å². The van der Waals surface area contributed by atoms with Crippen LogP contribution < -0.4 is 5.32 Å². The monoisotopic (exact) mass is 394 g/mol. The van der Waals surface area contributed by atoms with E-state index in [4.69, 9.17) is 11.6 Å². The van der Waals surface area contributed by atoms with E-state index in [1.54, 1.807) is 0 Å². The number of nitrogens with one attached hydrogen (secondary N) is 2. The number of rotatable bonds is 5. The van der Waals surface area contributed by atoms with Crippen molar-refractivity contribution in [3.63, 3.8) is 0 Å². The lowest BCUT2D eigenvalue weighted by atomic mass is 9.90. The second kappa shape index (κ2) is 7.59. The van der Waals surface area contributed by atoms with Gasteiger partial charge < -0.3 is 10.3 Å². The van der Waals surface area contributed by atoms with E-state index in [1.807, 2.05) is 61.0 Å². The van der Waals surface area contributed by atoms with Crippen LogP contribution in [0.25, 0.3) is 10.9 Å². The van der Waals surface area contributed by atoms with Gasteiger partial charge in [0.25, 0.3) is 5.91 Å². The Morgan fingerprint density at radius 2 is 1.89 bits per heavy atom. The number of hydrogen-bond donors (Lipinski definition) is 2. The third kappa shape index (κ3) is 3.51. The highest BCUT2D eigenvalue weighted by Gasteiger charge is 2.22. The van der Waals surface area contributed by atoms with Gasteiger partial charge in [-0.25, -0.2) is 0 Å². The van der Waals surface area contributed by atoms with E-state index >= 15 is 0 Å². The summed E-state index contributed by atoms with van der Waals surface area (Å²) >= 11 is 7.97. The zero-order valence-corrected chi connectivity index (χ0v) is 16.4. The highest BCUT2D eigenvalue weighted by atomic mass is 35.5. The summed E-state index contributed by atoms with van der Waals surface area (Å²) in [7, 11) is 0. The summed E-state index contributed by atoms with van der Waals surface area (Å²) in [6, 6.07) is 18.0. The van der Waals surface area contributed by atoms with Gasteiger partial charge >= 0.3 is 0 Å². The lowest BCUT2D eigenvalue weighted by Crippen LogP contribution is -2.28. The van der Waals surface area contributed by atoms with Gasteiger partial charge in [-0.15, -0.1) is 11.3 Å². The minimum Gasteiger partial charge on any atom is -0.361 e.